The van der Waals surface area contributed by atoms with Crippen molar-refractivity contribution < 1.29 is 0 Å². The number of rotatable bonds is 1. The van der Waals surface area contributed by atoms with Gasteiger partial charge in [0.15, 0.2) is 0 Å². The van der Waals surface area contributed by atoms with Crippen molar-refractivity contribution in [1.29, 1.82) is 5.26 Å². The standard InChI is InChI=1S/C8H5BrClN/c9-7-3-1-2-6(4-7)8(10)5-11/h1-4,8H/t8-/m1/s1. The zero-order valence-corrected chi connectivity index (χ0v) is 7.93. The molecule has 1 rings (SSSR count). The summed E-state index contributed by atoms with van der Waals surface area (Å²) in [6, 6.07) is 9.36. The normalized spacial score (nSPS) is 12.1. The Balaban J connectivity index is 2.98. The van der Waals surface area contributed by atoms with Crippen molar-refractivity contribution in [3.05, 3.63) is 34.3 Å². The monoisotopic (exact) mass is 229 g/mol. The number of nitrogens with zero attached hydrogens (tertiary/aromatic N) is 1. The molecule has 0 aliphatic carbocycles. The summed E-state index contributed by atoms with van der Waals surface area (Å²) in [4.78, 5) is 0. The first-order valence-corrected chi connectivity index (χ1v) is 4.26. The first-order valence-electron chi connectivity index (χ1n) is 3.03. The SMILES string of the molecule is N#C[C@@H](Cl)c1cccc(Br)c1. The van der Waals surface area contributed by atoms with Crippen LogP contribution < -0.4 is 0 Å². The van der Waals surface area contributed by atoms with E-state index < -0.39 is 5.38 Å². The summed E-state index contributed by atoms with van der Waals surface area (Å²) in [5.41, 5.74) is 0.823. The van der Waals surface area contributed by atoms with Gasteiger partial charge in [-0.2, -0.15) is 5.26 Å². The molecule has 0 bridgehead atoms. The summed E-state index contributed by atoms with van der Waals surface area (Å²) >= 11 is 8.97. The second kappa shape index (κ2) is 3.75. The minimum absolute atomic E-state index is 0.549. The quantitative estimate of drug-likeness (QED) is 0.680. The molecule has 56 valence electrons. The lowest BCUT2D eigenvalue weighted by Gasteiger charge is -1.99. The van der Waals surface area contributed by atoms with Crippen molar-refractivity contribution in [2.75, 3.05) is 0 Å². The summed E-state index contributed by atoms with van der Waals surface area (Å²) < 4.78 is 0.941. The molecule has 3 heteroatoms. The van der Waals surface area contributed by atoms with Gasteiger partial charge in [-0.1, -0.05) is 28.1 Å². The molecular formula is C8H5BrClN. The van der Waals surface area contributed by atoms with E-state index in [1.165, 1.54) is 0 Å². The fourth-order valence-electron chi connectivity index (χ4n) is 0.739. The highest BCUT2D eigenvalue weighted by Gasteiger charge is 2.04. The lowest BCUT2D eigenvalue weighted by Crippen LogP contribution is -1.84. The van der Waals surface area contributed by atoms with Crippen molar-refractivity contribution in [2.45, 2.75) is 5.38 Å². The largest absolute Gasteiger partial charge is 0.196 e. The van der Waals surface area contributed by atoms with E-state index in [0.29, 0.717) is 0 Å². The first kappa shape index (κ1) is 8.58. The van der Waals surface area contributed by atoms with Crippen molar-refractivity contribution in [3.8, 4) is 6.07 Å². The molecule has 0 N–H and O–H groups in total. The van der Waals surface area contributed by atoms with Crippen LogP contribution in [0.5, 0.6) is 0 Å². The number of halogens is 2. The zero-order valence-electron chi connectivity index (χ0n) is 5.59. The fourth-order valence-corrected chi connectivity index (χ4v) is 1.29. The lowest BCUT2D eigenvalue weighted by molar-refractivity contribution is 1.21. The van der Waals surface area contributed by atoms with Gasteiger partial charge in [-0.15, -0.1) is 11.6 Å². The molecule has 1 nitrogen and oxygen atoms in total. The zero-order chi connectivity index (χ0) is 8.27. The third kappa shape index (κ3) is 2.21. The molecule has 11 heavy (non-hydrogen) atoms. The fraction of sp³-hybridized carbons (Fsp3) is 0.125. The van der Waals surface area contributed by atoms with Gasteiger partial charge in [0.2, 0.25) is 0 Å². The topological polar surface area (TPSA) is 23.8 Å². The summed E-state index contributed by atoms with van der Waals surface area (Å²) in [7, 11) is 0. The molecule has 1 aromatic rings. The minimum atomic E-state index is -0.549. The highest BCUT2D eigenvalue weighted by atomic mass is 79.9. The molecule has 0 radical (unpaired) electrons. The van der Waals surface area contributed by atoms with Crippen LogP contribution in [0.4, 0.5) is 0 Å². The molecule has 0 saturated carbocycles. The van der Waals surface area contributed by atoms with E-state index >= 15 is 0 Å². The highest BCUT2D eigenvalue weighted by molar-refractivity contribution is 9.10. The van der Waals surface area contributed by atoms with Gasteiger partial charge in [0, 0.05) is 4.47 Å². The van der Waals surface area contributed by atoms with Crippen LogP contribution in [0.15, 0.2) is 28.7 Å². The predicted octanol–water partition coefficient (Wildman–Crippen LogP) is 3.25. The first-order chi connectivity index (χ1) is 5.24. The Hall–Kier alpha value is -0.520. The van der Waals surface area contributed by atoms with E-state index in [2.05, 4.69) is 15.9 Å². The number of benzene rings is 1. The lowest BCUT2D eigenvalue weighted by atomic mass is 10.2. The third-order valence-electron chi connectivity index (χ3n) is 1.25. The van der Waals surface area contributed by atoms with Gasteiger partial charge < -0.3 is 0 Å². The van der Waals surface area contributed by atoms with Gasteiger partial charge in [-0.05, 0) is 17.7 Å². The van der Waals surface area contributed by atoms with Crippen LogP contribution in [0.2, 0.25) is 0 Å². The van der Waals surface area contributed by atoms with Crippen molar-refractivity contribution in [3.63, 3.8) is 0 Å². The molecule has 1 aromatic carbocycles. The van der Waals surface area contributed by atoms with Gasteiger partial charge in [-0.3, -0.25) is 0 Å². The molecule has 0 heterocycles. The molecule has 0 aliphatic heterocycles. The summed E-state index contributed by atoms with van der Waals surface area (Å²) in [6.07, 6.45) is 0. The maximum absolute atomic E-state index is 8.48. The molecule has 0 fully saturated rings. The summed E-state index contributed by atoms with van der Waals surface area (Å²) in [6.45, 7) is 0. The maximum Gasteiger partial charge on any atom is 0.145 e. The van der Waals surface area contributed by atoms with E-state index in [0.717, 1.165) is 10.0 Å². The van der Waals surface area contributed by atoms with Crippen LogP contribution in [-0.2, 0) is 0 Å². The van der Waals surface area contributed by atoms with Crippen LogP contribution in [0.3, 0.4) is 0 Å². The summed E-state index contributed by atoms with van der Waals surface area (Å²) in [5.74, 6) is 0. The van der Waals surface area contributed by atoms with E-state index in [1.54, 1.807) is 0 Å². The molecule has 0 unspecified atom stereocenters. The van der Waals surface area contributed by atoms with Crippen molar-refractivity contribution in [2.24, 2.45) is 0 Å². The Labute approximate surface area is 78.7 Å². The molecular weight excluding hydrogens is 225 g/mol. The molecule has 0 aliphatic rings. The molecule has 0 amide bonds. The van der Waals surface area contributed by atoms with E-state index in [1.807, 2.05) is 30.3 Å². The second-order valence-electron chi connectivity index (χ2n) is 2.05. The number of hydrogen-bond acceptors (Lipinski definition) is 1. The smallest absolute Gasteiger partial charge is 0.145 e. The summed E-state index contributed by atoms with van der Waals surface area (Å²) in [5, 5.41) is 7.93. The number of alkyl halides is 1. The van der Waals surface area contributed by atoms with Gasteiger partial charge in [0.25, 0.3) is 0 Å². The number of hydrogen-bond donors (Lipinski definition) is 0. The maximum atomic E-state index is 8.48. The van der Waals surface area contributed by atoms with Crippen LogP contribution >= 0.6 is 27.5 Å². The van der Waals surface area contributed by atoms with Gasteiger partial charge in [0.05, 0.1) is 6.07 Å². The highest BCUT2D eigenvalue weighted by Crippen LogP contribution is 2.22. The molecule has 0 saturated heterocycles. The van der Waals surface area contributed by atoms with Crippen LogP contribution in [-0.4, -0.2) is 0 Å². The Morgan fingerprint density at radius 1 is 1.55 bits per heavy atom. The van der Waals surface area contributed by atoms with Crippen LogP contribution in [0.25, 0.3) is 0 Å². The predicted molar refractivity (Wildman–Crippen MR) is 48.3 cm³/mol. The molecule has 0 aromatic heterocycles. The Morgan fingerprint density at radius 2 is 2.27 bits per heavy atom. The van der Waals surface area contributed by atoms with Crippen molar-refractivity contribution >= 4 is 27.5 Å². The van der Waals surface area contributed by atoms with Crippen molar-refractivity contribution in [1.82, 2.24) is 0 Å². The Kier molecular flexibility index (Phi) is 2.92. The second-order valence-corrected chi connectivity index (χ2v) is 3.40. The van der Waals surface area contributed by atoms with E-state index in [9.17, 15) is 0 Å². The van der Waals surface area contributed by atoms with Gasteiger partial charge in [0.1, 0.15) is 5.38 Å². The van der Waals surface area contributed by atoms with Crippen LogP contribution in [0.1, 0.15) is 10.9 Å². The van der Waals surface area contributed by atoms with E-state index in [4.69, 9.17) is 16.9 Å². The average Bonchev–Trinajstić information content (AvgIpc) is 2.03. The average molecular weight is 230 g/mol. The van der Waals surface area contributed by atoms with Gasteiger partial charge >= 0.3 is 0 Å². The Bertz CT molecular complexity index is 292. The Morgan fingerprint density at radius 3 is 2.82 bits per heavy atom. The van der Waals surface area contributed by atoms with Gasteiger partial charge in [-0.25, -0.2) is 0 Å². The minimum Gasteiger partial charge on any atom is -0.196 e. The molecule has 0 spiro atoms. The van der Waals surface area contributed by atoms with E-state index in [-0.39, 0.29) is 0 Å². The van der Waals surface area contributed by atoms with Crippen LogP contribution in [0, 0.1) is 11.3 Å². The molecule has 1 atom stereocenters. The third-order valence-corrected chi connectivity index (χ3v) is 2.10. The number of nitriles is 1.